The first kappa shape index (κ1) is 7.98. The number of halogens is 1. The Balaban J connectivity index is 2.41. The third-order valence-electron chi connectivity index (χ3n) is 1.60. The van der Waals surface area contributed by atoms with Gasteiger partial charge in [-0.15, -0.1) is 0 Å². The molecule has 60 valence electrons. The second-order valence-corrected chi connectivity index (χ2v) is 2.44. The van der Waals surface area contributed by atoms with Crippen LogP contribution in [0.3, 0.4) is 0 Å². The molecule has 0 bridgehead atoms. The van der Waals surface area contributed by atoms with E-state index in [4.69, 9.17) is 0 Å². The molecule has 0 saturated carbocycles. The van der Waals surface area contributed by atoms with Crippen molar-refractivity contribution in [1.29, 1.82) is 0 Å². The fourth-order valence-corrected chi connectivity index (χ4v) is 0.975. The van der Waals surface area contributed by atoms with E-state index in [-0.39, 0.29) is 5.83 Å². The molecule has 2 nitrogen and oxygen atoms in total. The van der Waals surface area contributed by atoms with Crippen molar-refractivity contribution < 1.29 is 9.18 Å². The van der Waals surface area contributed by atoms with Gasteiger partial charge in [0.15, 0.2) is 0 Å². The van der Waals surface area contributed by atoms with E-state index < -0.39 is 0 Å². The van der Waals surface area contributed by atoms with Gasteiger partial charge in [0.1, 0.15) is 5.83 Å². The zero-order valence-corrected chi connectivity index (χ0v) is 6.14. The second kappa shape index (κ2) is 3.91. The van der Waals surface area contributed by atoms with Crippen LogP contribution in [0, 0.1) is 0 Å². The molecule has 0 aromatic rings. The van der Waals surface area contributed by atoms with Crippen LogP contribution >= 0.6 is 0 Å². The summed E-state index contributed by atoms with van der Waals surface area (Å²) in [5.41, 5.74) is 1.07. The van der Waals surface area contributed by atoms with Gasteiger partial charge in [0.2, 0.25) is 6.41 Å². The fraction of sp³-hybridized carbons (Fsp3) is 0.375. The van der Waals surface area contributed by atoms with Gasteiger partial charge in [-0.3, -0.25) is 4.79 Å². The fourth-order valence-electron chi connectivity index (χ4n) is 0.975. The zero-order valence-electron chi connectivity index (χ0n) is 6.14. The molecule has 0 aromatic carbocycles. The highest BCUT2D eigenvalue weighted by molar-refractivity contribution is 5.47. The van der Waals surface area contributed by atoms with Crippen LogP contribution in [0.4, 0.5) is 4.39 Å². The van der Waals surface area contributed by atoms with Crippen LogP contribution in [0.25, 0.3) is 0 Å². The predicted octanol–water partition coefficient (Wildman–Crippen LogP) is 1.31. The average Bonchev–Trinajstić information content (AvgIpc) is 2.04. The summed E-state index contributed by atoms with van der Waals surface area (Å²) < 4.78 is 12.4. The van der Waals surface area contributed by atoms with Crippen LogP contribution < -0.4 is 5.32 Å². The Morgan fingerprint density at radius 2 is 2.36 bits per heavy atom. The van der Waals surface area contributed by atoms with Gasteiger partial charge < -0.3 is 5.32 Å². The molecule has 11 heavy (non-hydrogen) atoms. The Kier molecular flexibility index (Phi) is 2.83. The van der Waals surface area contributed by atoms with Crippen LogP contribution in [0.1, 0.15) is 12.8 Å². The predicted molar refractivity (Wildman–Crippen MR) is 40.6 cm³/mol. The monoisotopic (exact) mass is 155 g/mol. The average molecular weight is 155 g/mol. The zero-order chi connectivity index (χ0) is 8.10. The first-order valence-corrected chi connectivity index (χ1v) is 3.54. The third-order valence-corrected chi connectivity index (χ3v) is 1.60. The molecule has 1 amide bonds. The number of rotatable bonds is 3. The molecule has 0 aromatic heterocycles. The minimum absolute atomic E-state index is 0.0835. The summed E-state index contributed by atoms with van der Waals surface area (Å²) in [6.07, 6.45) is 4.99. The summed E-state index contributed by atoms with van der Waals surface area (Å²) in [5.74, 6) is -0.0835. The standard InChI is InChI=1S/C8H10FNO/c9-8-3-1-7(2-4-8)5-10-6-11/h1,3,6H,2,4-5H2,(H,10,11). The molecule has 0 spiro atoms. The number of allylic oxidation sites excluding steroid dienone is 3. The Labute approximate surface area is 64.8 Å². The lowest BCUT2D eigenvalue weighted by Gasteiger charge is -2.08. The van der Waals surface area contributed by atoms with E-state index >= 15 is 0 Å². The van der Waals surface area contributed by atoms with Crippen LogP contribution in [0.5, 0.6) is 0 Å². The highest BCUT2D eigenvalue weighted by Crippen LogP contribution is 2.17. The van der Waals surface area contributed by atoms with Gasteiger partial charge in [-0.05, 0) is 12.5 Å². The van der Waals surface area contributed by atoms with Crippen molar-refractivity contribution in [2.45, 2.75) is 12.8 Å². The summed E-state index contributed by atoms with van der Waals surface area (Å²) in [6.45, 7) is 0.535. The molecular weight excluding hydrogens is 145 g/mol. The van der Waals surface area contributed by atoms with Gasteiger partial charge in [0.25, 0.3) is 0 Å². The van der Waals surface area contributed by atoms with E-state index in [1.54, 1.807) is 6.08 Å². The number of hydrogen-bond donors (Lipinski definition) is 1. The van der Waals surface area contributed by atoms with Crippen LogP contribution in [0.2, 0.25) is 0 Å². The van der Waals surface area contributed by atoms with E-state index in [2.05, 4.69) is 5.32 Å². The maximum atomic E-state index is 12.4. The Morgan fingerprint density at radius 1 is 1.55 bits per heavy atom. The molecule has 1 rings (SSSR count). The Morgan fingerprint density at radius 3 is 2.91 bits per heavy atom. The number of amides is 1. The van der Waals surface area contributed by atoms with E-state index in [1.165, 1.54) is 6.08 Å². The lowest BCUT2D eigenvalue weighted by molar-refractivity contribution is -0.109. The minimum Gasteiger partial charge on any atom is -0.355 e. The van der Waals surface area contributed by atoms with Crippen LogP contribution in [0.15, 0.2) is 23.6 Å². The van der Waals surface area contributed by atoms with E-state index in [0.717, 1.165) is 5.57 Å². The van der Waals surface area contributed by atoms with E-state index in [0.29, 0.717) is 25.8 Å². The summed E-state index contributed by atoms with van der Waals surface area (Å²) in [7, 11) is 0. The smallest absolute Gasteiger partial charge is 0.207 e. The molecule has 1 aliphatic rings. The molecule has 0 aliphatic heterocycles. The SMILES string of the molecule is O=CNCC1=CC=C(F)CC1. The maximum Gasteiger partial charge on any atom is 0.207 e. The third kappa shape index (κ3) is 2.53. The normalized spacial score (nSPS) is 16.8. The van der Waals surface area contributed by atoms with Crippen molar-refractivity contribution in [3.05, 3.63) is 23.6 Å². The van der Waals surface area contributed by atoms with Crippen molar-refractivity contribution in [2.75, 3.05) is 6.54 Å². The van der Waals surface area contributed by atoms with Gasteiger partial charge in [-0.25, -0.2) is 4.39 Å². The highest BCUT2D eigenvalue weighted by Gasteiger charge is 2.04. The number of carbonyl (C=O) groups excluding carboxylic acids is 1. The van der Waals surface area contributed by atoms with E-state index in [9.17, 15) is 9.18 Å². The Bertz CT molecular complexity index is 208. The topological polar surface area (TPSA) is 29.1 Å². The largest absolute Gasteiger partial charge is 0.355 e. The highest BCUT2D eigenvalue weighted by atomic mass is 19.1. The van der Waals surface area contributed by atoms with Crippen molar-refractivity contribution in [2.24, 2.45) is 0 Å². The van der Waals surface area contributed by atoms with Crippen LogP contribution in [-0.2, 0) is 4.79 Å². The molecule has 1 aliphatic carbocycles. The quantitative estimate of drug-likeness (QED) is 0.611. The van der Waals surface area contributed by atoms with Crippen molar-refractivity contribution in [3.8, 4) is 0 Å². The lowest BCUT2D eigenvalue weighted by Crippen LogP contribution is -2.15. The molecular formula is C8H10FNO. The van der Waals surface area contributed by atoms with Crippen molar-refractivity contribution in [1.82, 2.24) is 5.32 Å². The molecule has 0 radical (unpaired) electrons. The summed E-state index contributed by atoms with van der Waals surface area (Å²) in [4.78, 5) is 9.88. The molecule has 0 fully saturated rings. The summed E-state index contributed by atoms with van der Waals surface area (Å²) in [6, 6.07) is 0. The second-order valence-electron chi connectivity index (χ2n) is 2.44. The van der Waals surface area contributed by atoms with Crippen molar-refractivity contribution in [3.63, 3.8) is 0 Å². The number of hydrogen-bond acceptors (Lipinski definition) is 1. The number of carbonyl (C=O) groups is 1. The lowest BCUT2D eigenvalue weighted by atomic mass is 10.0. The Hall–Kier alpha value is -1.12. The molecule has 0 heterocycles. The van der Waals surface area contributed by atoms with Gasteiger partial charge in [0, 0.05) is 13.0 Å². The van der Waals surface area contributed by atoms with Crippen molar-refractivity contribution >= 4 is 6.41 Å². The van der Waals surface area contributed by atoms with Gasteiger partial charge in [0.05, 0.1) is 0 Å². The molecule has 0 unspecified atom stereocenters. The molecule has 3 heteroatoms. The first-order valence-electron chi connectivity index (χ1n) is 3.54. The molecule has 0 atom stereocenters. The molecule has 0 saturated heterocycles. The van der Waals surface area contributed by atoms with E-state index in [1.807, 2.05) is 0 Å². The summed E-state index contributed by atoms with van der Waals surface area (Å²) >= 11 is 0. The number of nitrogens with one attached hydrogen (secondary N) is 1. The molecule has 1 N–H and O–H groups in total. The van der Waals surface area contributed by atoms with Gasteiger partial charge in [-0.2, -0.15) is 0 Å². The van der Waals surface area contributed by atoms with Gasteiger partial charge >= 0.3 is 0 Å². The maximum absolute atomic E-state index is 12.4. The minimum atomic E-state index is -0.0835. The summed E-state index contributed by atoms with van der Waals surface area (Å²) in [5, 5.41) is 2.53. The van der Waals surface area contributed by atoms with Gasteiger partial charge in [-0.1, -0.05) is 11.6 Å². The first-order chi connectivity index (χ1) is 5.33. The van der Waals surface area contributed by atoms with Crippen LogP contribution in [-0.4, -0.2) is 13.0 Å².